The molecule has 0 aromatic carbocycles. The van der Waals surface area contributed by atoms with Gasteiger partial charge in [-0.1, -0.05) is 71.3 Å². The molecule has 0 fully saturated rings. The largest absolute Gasteiger partial charge is 0.293 e. The van der Waals surface area contributed by atoms with Crippen molar-refractivity contribution in [2.24, 2.45) is 0 Å². The molecule has 0 bridgehead atoms. The van der Waals surface area contributed by atoms with Crippen molar-refractivity contribution >= 4 is 11.8 Å². The van der Waals surface area contributed by atoms with E-state index in [2.05, 4.69) is 18.8 Å². The van der Waals surface area contributed by atoms with Gasteiger partial charge in [-0.25, -0.2) is 0 Å². The van der Waals surface area contributed by atoms with Gasteiger partial charge >= 0.3 is 0 Å². The number of rotatable bonds is 12. The summed E-state index contributed by atoms with van der Waals surface area (Å²) in [5, 5.41) is 2.33. The third-order valence-electron chi connectivity index (χ3n) is 3.40. The van der Waals surface area contributed by atoms with E-state index in [1.54, 1.807) is 6.92 Å². The van der Waals surface area contributed by atoms with Gasteiger partial charge in [-0.15, -0.1) is 0 Å². The molecular formula is C17H31NO2. The van der Waals surface area contributed by atoms with Crippen LogP contribution in [0.1, 0.15) is 84.5 Å². The summed E-state index contributed by atoms with van der Waals surface area (Å²) in [6.45, 7) is 7.34. The van der Waals surface area contributed by atoms with Crippen LogP contribution in [0.3, 0.4) is 0 Å². The molecule has 0 saturated carbocycles. The molecule has 20 heavy (non-hydrogen) atoms. The lowest BCUT2D eigenvalue weighted by molar-refractivity contribution is -0.128. The van der Waals surface area contributed by atoms with Crippen LogP contribution in [0.15, 0.2) is 12.2 Å². The Morgan fingerprint density at radius 1 is 0.850 bits per heavy atom. The third kappa shape index (κ3) is 11.9. The van der Waals surface area contributed by atoms with Crippen LogP contribution in [0.25, 0.3) is 0 Å². The maximum atomic E-state index is 11.4. The number of amides is 2. The summed E-state index contributed by atoms with van der Waals surface area (Å²) in [5.41, 5.74) is 0.376. The fourth-order valence-corrected chi connectivity index (χ4v) is 2.07. The molecule has 0 aliphatic rings. The first-order valence-corrected chi connectivity index (χ1v) is 8.07. The van der Waals surface area contributed by atoms with Crippen molar-refractivity contribution in [3.05, 3.63) is 12.2 Å². The van der Waals surface area contributed by atoms with Gasteiger partial charge in [-0.2, -0.15) is 0 Å². The van der Waals surface area contributed by atoms with E-state index in [-0.39, 0.29) is 11.8 Å². The van der Waals surface area contributed by atoms with Crippen molar-refractivity contribution < 1.29 is 9.59 Å². The summed E-state index contributed by atoms with van der Waals surface area (Å²) in [7, 11) is 0. The number of carbonyl (C=O) groups is 2. The summed E-state index contributed by atoms with van der Waals surface area (Å²) >= 11 is 0. The number of nitrogens with one attached hydrogen (secondary N) is 1. The Morgan fingerprint density at radius 2 is 1.30 bits per heavy atom. The second-order valence-corrected chi connectivity index (χ2v) is 5.59. The number of unbranched alkanes of at least 4 members (excludes halogenated alkanes) is 9. The highest BCUT2D eigenvalue weighted by molar-refractivity contribution is 6.03. The lowest BCUT2D eigenvalue weighted by Gasteiger charge is -2.04. The van der Waals surface area contributed by atoms with Crippen LogP contribution in [-0.2, 0) is 9.59 Å². The van der Waals surface area contributed by atoms with Crippen molar-refractivity contribution in [1.82, 2.24) is 5.32 Å². The van der Waals surface area contributed by atoms with Crippen LogP contribution in [0, 0.1) is 0 Å². The normalized spacial score (nSPS) is 10.3. The van der Waals surface area contributed by atoms with Crippen LogP contribution in [0.4, 0.5) is 0 Å². The summed E-state index contributed by atoms with van der Waals surface area (Å²) in [5.74, 6) is -0.542. The van der Waals surface area contributed by atoms with Crippen LogP contribution in [0.2, 0.25) is 0 Å². The molecule has 0 radical (unpaired) electrons. The molecule has 0 aliphatic heterocycles. The van der Waals surface area contributed by atoms with E-state index in [0.717, 1.165) is 12.8 Å². The Labute approximate surface area is 124 Å². The van der Waals surface area contributed by atoms with Crippen molar-refractivity contribution in [2.45, 2.75) is 84.5 Å². The second kappa shape index (κ2) is 12.9. The van der Waals surface area contributed by atoms with Gasteiger partial charge in [0, 0.05) is 12.0 Å². The predicted molar refractivity (Wildman–Crippen MR) is 84.4 cm³/mol. The van der Waals surface area contributed by atoms with E-state index in [0.29, 0.717) is 12.0 Å². The minimum Gasteiger partial charge on any atom is -0.293 e. The molecular weight excluding hydrogens is 250 g/mol. The molecule has 0 saturated heterocycles. The van der Waals surface area contributed by atoms with E-state index in [1.807, 2.05) is 0 Å². The Hall–Kier alpha value is -1.12. The van der Waals surface area contributed by atoms with Gasteiger partial charge < -0.3 is 0 Å². The highest BCUT2D eigenvalue weighted by atomic mass is 16.2. The van der Waals surface area contributed by atoms with E-state index in [4.69, 9.17) is 0 Å². The average molecular weight is 281 g/mol. The minimum absolute atomic E-state index is 0.183. The second-order valence-electron chi connectivity index (χ2n) is 5.59. The van der Waals surface area contributed by atoms with Gasteiger partial charge in [-0.05, 0) is 13.3 Å². The number of imide groups is 1. The average Bonchev–Trinajstić information content (AvgIpc) is 2.40. The summed E-state index contributed by atoms with van der Waals surface area (Å²) < 4.78 is 0. The van der Waals surface area contributed by atoms with Gasteiger partial charge in [0.15, 0.2) is 0 Å². The molecule has 3 heteroatoms. The van der Waals surface area contributed by atoms with Crippen molar-refractivity contribution in [1.29, 1.82) is 0 Å². The standard InChI is InChI=1S/C17H31NO2/c1-4-5-6-7-8-9-10-11-12-13-14-16(19)18-17(20)15(2)3/h2,4-14H2,1,3H3,(H,18,19,20). The van der Waals surface area contributed by atoms with Gasteiger partial charge in [0.2, 0.25) is 5.91 Å². The Balaban J connectivity index is 3.29. The summed E-state index contributed by atoms with van der Waals surface area (Å²) in [4.78, 5) is 22.6. The number of hydrogen-bond donors (Lipinski definition) is 1. The first-order valence-electron chi connectivity index (χ1n) is 8.07. The molecule has 0 rings (SSSR count). The maximum Gasteiger partial charge on any atom is 0.252 e. The molecule has 2 amide bonds. The smallest absolute Gasteiger partial charge is 0.252 e. The molecule has 3 nitrogen and oxygen atoms in total. The van der Waals surface area contributed by atoms with Gasteiger partial charge in [0.25, 0.3) is 5.91 Å². The molecule has 116 valence electrons. The quantitative estimate of drug-likeness (QED) is 0.422. The Kier molecular flexibility index (Phi) is 12.2. The molecule has 0 heterocycles. The van der Waals surface area contributed by atoms with Crippen LogP contribution in [0.5, 0.6) is 0 Å². The molecule has 0 spiro atoms. The fourth-order valence-electron chi connectivity index (χ4n) is 2.07. The summed E-state index contributed by atoms with van der Waals surface area (Å²) in [6.07, 6.45) is 12.9. The zero-order valence-electron chi connectivity index (χ0n) is 13.3. The Bertz CT molecular complexity index is 297. The van der Waals surface area contributed by atoms with E-state index in [9.17, 15) is 9.59 Å². The number of carbonyl (C=O) groups excluding carboxylic acids is 2. The van der Waals surface area contributed by atoms with Crippen molar-refractivity contribution in [3.8, 4) is 0 Å². The maximum absolute atomic E-state index is 11.4. The lowest BCUT2D eigenvalue weighted by atomic mass is 10.1. The van der Waals surface area contributed by atoms with Crippen LogP contribution >= 0.6 is 0 Å². The molecule has 0 aromatic heterocycles. The highest BCUT2D eigenvalue weighted by Crippen LogP contribution is 2.11. The van der Waals surface area contributed by atoms with Gasteiger partial charge in [-0.3, -0.25) is 14.9 Å². The number of hydrogen-bond acceptors (Lipinski definition) is 2. The molecule has 0 atom stereocenters. The monoisotopic (exact) mass is 281 g/mol. The van der Waals surface area contributed by atoms with Gasteiger partial charge in [0.1, 0.15) is 0 Å². The zero-order chi connectivity index (χ0) is 15.2. The summed E-state index contributed by atoms with van der Waals surface area (Å²) in [6, 6.07) is 0. The van der Waals surface area contributed by atoms with Crippen LogP contribution < -0.4 is 5.32 Å². The van der Waals surface area contributed by atoms with E-state index >= 15 is 0 Å². The molecule has 0 aliphatic carbocycles. The van der Waals surface area contributed by atoms with Crippen LogP contribution in [-0.4, -0.2) is 11.8 Å². The minimum atomic E-state index is -0.359. The van der Waals surface area contributed by atoms with E-state index < -0.39 is 0 Å². The Morgan fingerprint density at radius 3 is 1.75 bits per heavy atom. The zero-order valence-corrected chi connectivity index (χ0v) is 13.3. The van der Waals surface area contributed by atoms with E-state index in [1.165, 1.54) is 51.4 Å². The lowest BCUT2D eigenvalue weighted by Crippen LogP contribution is -2.30. The third-order valence-corrected chi connectivity index (χ3v) is 3.40. The SMILES string of the molecule is C=C(C)C(=O)NC(=O)CCCCCCCCCCCC. The van der Waals surface area contributed by atoms with Crippen molar-refractivity contribution in [2.75, 3.05) is 0 Å². The fraction of sp³-hybridized carbons (Fsp3) is 0.765. The first kappa shape index (κ1) is 18.9. The molecule has 0 unspecified atom stereocenters. The van der Waals surface area contributed by atoms with Gasteiger partial charge in [0.05, 0.1) is 0 Å². The van der Waals surface area contributed by atoms with Crippen molar-refractivity contribution in [3.63, 3.8) is 0 Å². The first-order chi connectivity index (χ1) is 9.57. The topological polar surface area (TPSA) is 46.2 Å². The highest BCUT2D eigenvalue weighted by Gasteiger charge is 2.07. The molecule has 1 N–H and O–H groups in total. The molecule has 0 aromatic rings. The predicted octanol–water partition coefficient (Wildman–Crippen LogP) is 4.52.